The molecular weight excluding hydrogens is 238 g/mol. The zero-order valence-electron chi connectivity index (χ0n) is 13.1. The van der Waals surface area contributed by atoms with Crippen LogP contribution < -0.4 is 10.1 Å². The van der Waals surface area contributed by atoms with Gasteiger partial charge in [-0.25, -0.2) is 0 Å². The second kappa shape index (κ2) is 6.40. The SMILES string of the molecule is COc1c(C)cc(CCNC(C)(C)CO)c(C)c1C. The molecule has 0 aromatic heterocycles. The highest BCUT2D eigenvalue weighted by Gasteiger charge is 2.15. The number of benzene rings is 1. The lowest BCUT2D eigenvalue weighted by atomic mass is 9.96. The number of methoxy groups -OCH3 is 1. The molecule has 0 radical (unpaired) electrons. The van der Waals surface area contributed by atoms with Crippen molar-refractivity contribution in [3.05, 3.63) is 28.3 Å². The highest BCUT2D eigenvalue weighted by Crippen LogP contribution is 2.28. The van der Waals surface area contributed by atoms with Gasteiger partial charge in [-0.1, -0.05) is 6.07 Å². The third-order valence-corrected chi connectivity index (χ3v) is 3.73. The van der Waals surface area contributed by atoms with Crippen molar-refractivity contribution in [1.82, 2.24) is 5.32 Å². The molecule has 0 aliphatic carbocycles. The fraction of sp³-hybridized carbons (Fsp3) is 0.625. The first-order valence-electron chi connectivity index (χ1n) is 6.82. The average molecular weight is 265 g/mol. The molecule has 0 spiro atoms. The fourth-order valence-corrected chi connectivity index (χ4v) is 2.31. The summed E-state index contributed by atoms with van der Waals surface area (Å²) in [5, 5.41) is 12.6. The molecule has 0 unspecified atom stereocenters. The van der Waals surface area contributed by atoms with E-state index in [1.807, 2.05) is 13.8 Å². The quantitative estimate of drug-likeness (QED) is 0.830. The van der Waals surface area contributed by atoms with Crippen molar-refractivity contribution >= 4 is 0 Å². The Balaban J connectivity index is 2.80. The molecule has 0 saturated carbocycles. The summed E-state index contributed by atoms with van der Waals surface area (Å²) >= 11 is 0. The molecule has 3 heteroatoms. The number of ether oxygens (including phenoxy) is 1. The zero-order valence-corrected chi connectivity index (χ0v) is 13.1. The molecule has 0 atom stereocenters. The third kappa shape index (κ3) is 3.95. The Bertz CT molecular complexity index is 439. The van der Waals surface area contributed by atoms with E-state index in [1.165, 1.54) is 22.3 Å². The van der Waals surface area contributed by atoms with Crippen LogP contribution in [0.25, 0.3) is 0 Å². The predicted molar refractivity (Wildman–Crippen MR) is 80.1 cm³/mol. The summed E-state index contributed by atoms with van der Waals surface area (Å²) in [6.45, 7) is 11.3. The van der Waals surface area contributed by atoms with Gasteiger partial charge in [0.1, 0.15) is 5.75 Å². The summed E-state index contributed by atoms with van der Waals surface area (Å²) < 4.78 is 5.44. The first-order chi connectivity index (χ1) is 8.82. The van der Waals surface area contributed by atoms with Crippen molar-refractivity contribution in [3.8, 4) is 5.75 Å². The highest BCUT2D eigenvalue weighted by molar-refractivity contribution is 5.49. The maximum absolute atomic E-state index is 9.22. The fourth-order valence-electron chi connectivity index (χ4n) is 2.31. The molecule has 108 valence electrons. The average Bonchev–Trinajstić information content (AvgIpc) is 2.36. The lowest BCUT2D eigenvalue weighted by molar-refractivity contribution is 0.189. The molecule has 3 nitrogen and oxygen atoms in total. The number of aliphatic hydroxyl groups is 1. The first kappa shape index (κ1) is 16.0. The van der Waals surface area contributed by atoms with Crippen LogP contribution >= 0.6 is 0 Å². The summed E-state index contributed by atoms with van der Waals surface area (Å²) in [6, 6.07) is 2.20. The predicted octanol–water partition coefficient (Wildman–Crippen LogP) is 2.52. The molecule has 1 aromatic rings. The first-order valence-corrected chi connectivity index (χ1v) is 6.82. The van der Waals surface area contributed by atoms with E-state index in [0.29, 0.717) is 0 Å². The van der Waals surface area contributed by atoms with E-state index >= 15 is 0 Å². The minimum Gasteiger partial charge on any atom is -0.496 e. The van der Waals surface area contributed by atoms with Crippen LogP contribution in [0.3, 0.4) is 0 Å². The van der Waals surface area contributed by atoms with Crippen molar-refractivity contribution in [2.45, 2.75) is 46.6 Å². The van der Waals surface area contributed by atoms with E-state index < -0.39 is 0 Å². The van der Waals surface area contributed by atoms with E-state index in [4.69, 9.17) is 4.74 Å². The van der Waals surface area contributed by atoms with Crippen LogP contribution in [0.1, 0.15) is 36.1 Å². The van der Waals surface area contributed by atoms with Gasteiger partial charge >= 0.3 is 0 Å². The highest BCUT2D eigenvalue weighted by atomic mass is 16.5. The number of aliphatic hydroxyl groups excluding tert-OH is 1. The van der Waals surface area contributed by atoms with Crippen LogP contribution in [-0.2, 0) is 6.42 Å². The Morgan fingerprint density at radius 1 is 1.21 bits per heavy atom. The van der Waals surface area contributed by atoms with Crippen molar-refractivity contribution in [1.29, 1.82) is 0 Å². The molecule has 0 aliphatic heterocycles. The van der Waals surface area contributed by atoms with Crippen LogP contribution in [0.15, 0.2) is 6.07 Å². The van der Waals surface area contributed by atoms with Crippen LogP contribution in [0.2, 0.25) is 0 Å². The normalized spacial score (nSPS) is 11.7. The van der Waals surface area contributed by atoms with Gasteiger partial charge in [0, 0.05) is 5.54 Å². The van der Waals surface area contributed by atoms with E-state index in [1.54, 1.807) is 7.11 Å². The van der Waals surface area contributed by atoms with Crippen molar-refractivity contribution in [3.63, 3.8) is 0 Å². The summed E-state index contributed by atoms with van der Waals surface area (Å²) in [6.07, 6.45) is 0.959. The molecule has 0 saturated heterocycles. The molecular formula is C16H27NO2. The van der Waals surface area contributed by atoms with Crippen molar-refractivity contribution in [2.75, 3.05) is 20.3 Å². The van der Waals surface area contributed by atoms with Gasteiger partial charge in [0.25, 0.3) is 0 Å². The van der Waals surface area contributed by atoms with Crippen LogP contribution in [-0.4, -0.2) is 30.9 Å². The Kier molecular flexibility index (Phi) is 5.39. The maximum Gasteiger partial charge on any atom is 0.124 e. The standard InChI is InChI=1S/C16H27NO2/c1-11-9-14(7-8-17-16(4,5)10-18)12(2)13(3)15(11)19-6/h9,17-18H,7-8,10H2,1-6H3. The molecule has 0 amide bonds. The van der Waals surface area contributed by atoms with Gasteiger partial charge in [-0.3, -0.25) is 0 Å². The van der Waals surface area contributed by atoms with E-state index in [0.717, 1.165) is 18.7 Å². The van der Waals surface area contributed by atoms with Gasteiger partial charge in [0.05, 0.1) is 13.7 Å². The smallest absolute Gasteiger partial charge is 0.124 e. The molecule has 1 rings (SSSR count). The number of rotatable bonds is 6. The van der Waals surface area contributed by atoms with Gasteiger partial charge in [0.2, 0.25) is 0 Å². The lowest BCUT2D eigenvalue weighted by Crippen LogP contribution is -2.43. The Morgan fingerprint density at radius 2 is 1.84 bits per heavy atom. The number of hydrogen-bond donors (Lipinski definition) is 2. The van der Waals surface area contributed by atoms with Gasteiger partial charge in [-0.15, -0.1) is 0 Å². The molecule has 0 fully saturated rings. The molecule has 0 bridgehead atoms. The van der Waals surface area contributed by atoms with Crippen molar-refractivity contribution < 1.29 is 9.84 Å². The van der Waals surface area contributed by atoms with Gasteiger partial charge < -0.3 is 15.2 Å². The van der Waals surface area contributed by atoms with E-state index in [2.05, 4.69) is 32.2 Å². The zero-order chi connectivity index (χ0) is 14.6. The second-order valence-corrected chi connectivity index (χ2v) is 5.85. The minimum atomic E-state index is -0.218. The second-order valence-electron chi connectivity index (χ2n) is 5.85. The minimum absolute atomic E-state index is 0.145. The summed E-state index contributed by atoms with van der Waals surface area (Å²) in [5.74, 6) is 0.991. The molecule has 1 aromatic carbocycles. The van der Waals surface area contributed by atoms with Crippen LogP contribution in [0.5, 0.6) is 5.75 Å². The monoisotopic (exact) mass is 265 g/mol. The molecule has 0 aliphatic rings. The van der Waals surface area contributed by atoms with Crippen molar-refractivity contribution in [2.24, 2.45) is 0 Å². The molecule has 0 heterocycles. The largest absolute Gasteiger partial charge is 0.496 e. The Labute approximate surface area is 117 Å². The molecule has 19 heavy (non-hydrogen) atoms. The van der Waals surface area contributed by atoms with Crippen LogP contribution in [0, 0.1) is 20.8 Å². The van der Waals surface area contributed by atoms with Gasteiger partial charge in [0.15, 0.2) is 0 Å². The van der Waals surface area contributed by atoms with E-state index in [9.17, 15) is 5.11 Å². The number of aryl methyl sites for hydroxylation is 1. The van der Waals surface area contributed by atoms with Gasteiger partial charge in [-0.05, 0) is 69.8 Å². The van der Waals surface area contributed by atoms with Crippen LogP contribution in [0.4, 0.5) is 0 Å². The van der Waals surface area contributed by atoms with Gasteiger partial charge in [-0.2, -0.15) is 0 Å². The Morgan fingerprint density at radius 3 is 2.37 bits per heavy atom. The Hall–Kier alpha value is -1.06. The summed E-state index contributed by atoms with van der Waals surface area (Å²) in [4.78, 5) is 0. The summed E-state index contributed by atoms with van der Waals surface area (Å²) in [7, 11) is 1.72. The maximum atomic E-state index is 9.22. The topological polar surface area (TPSA) is 41.5 Å². The molecule has 2 N–H and O–H groups in total. The number of hydrogen-bond acceptors (Lipinski definition) is 3. The third-order valence-electron chi connectivity index (χ3n) is 3.73. The lowest BCUT2D eigenvalue weighted by Gasteiger charge is -2.24. The summed E-state index contributed by atoms with van der Waals surface area (Å²) in [5.41, 5.74) is 4.83. The number of nitrogens with one attached hydrogen (secondary N) is 1. The van der Waals surface area contributed by atoms with E-state index in [-0.39, 0.29) is 12.1 Å².